The Labute approximate surface area is 119 Å². The van der Waals surface area contributed by atoms with Crippen molar-refractivity contribution in [3.63, 3.8) is 0 Å². The number of rotatable bonds is 4. The number of halogens is 3. The fraction of sp³-hybridized carbons (Fsp3) is 0.0667. The van der Waals surface area contributed by atoms with E-state index in [4.69, 9.17) is 11.6 Å². The normalized spacial score (nSPS) is 10.6. The van der Waals surface area contributed by atoms with Gasteiger partial charge in [0, 0.05) is 11.1 Å². The molecule has 0 aromatic heterocycles. The van der Waals surface area contributed by atoms with Crippen molar-refractivity contribution in [1.29, 1.82) is 0 Å². The van der Waals surface area contributed by atoms with Crippen LogP contribution < -0.4 is 0 Å². The SMILES string of the molecule is O=C(c1ccc(F)cc1)C(Cl)C(=O)c1ccc(F)cc1. The van der Waals surface area contributed by atoms with Crippen molar-refractivity contribution in [3.05, 3.63) is 71.3 Å². The maximum atomic E-state index is 12.8. The molecule has 0 saturated heterocycles. The van der Waals surface area contributed by atoms with Gasteiger partial charge in [-0.3, -0.25) is 9.59 Å². The predicted octanol–water partition coefficient (Wildman–Crippen LogP) is 3.64. The highest BCUT2D eigenvalue weighted by Gasteiger charge is 2.26. The van der Waals surface area contributed by atoms with E-state index in [9.17, 15) is 18.4 Å². The molecule has 20 heavy (non-hydrogen) atoms. The van der Waals surface area contributed by atoms with Gasteiger partial charge in [0.25, 0.3) is 0 Å². The third-order valence-corrected chi connectivity index (χ3v) is 3.11. The van der Waals surface area contributed by atoms with Crippen LogP contribution in [0.15, 0.2) is 48.5 Å². The van der Waals surface area contributed by atoms with Gasteiger partial charge >= 0.3 is 0 Å². The lowest BCUT2D eigenvalue weighted by Crippen LogP contribution is -2.25. The largest absolute Gasteiger partial charge is 0.292 e. The van der Waals surface area contributed by atoms with Crippen LogP contribution in [-0.2, 0) is 0 Å². The lowest BCUT2D eigenvalue weighted by molar-refractivity contribution is 0.0900. The molecule has 0 bridgehead atoms. The summed E-state index contributed by atoms with van der Waals surface area (Å²) in [5, 5.41) is -1.43. The van der Waals surface area contributed by atoms with E-state index in [2.05, 4.69) is 0 Å². The molecule has 0 fully saturated rings. The summed E-state index contributed by atoms with van der Waals surface area (Å²) in [5.41, 5.74) is 0.281. The standard InChI is InChI=1S/C15H9ClF2O2/c16-13(14(19)9-1-5-11(17)6-2-9)15(20)10-3-7-12(18)8-4-10/h1-8,13H. The third-order valence-electron chi connectivity index (χ3n) is 2.72. The molecule has 0 saturated carbocycles. The van der Waals surface area contributed by atoms with Gasteiger partial charge in [0.1, 0.15) is 11.6 Å². The highest BCUT2D eigenvalue weighted by Crippen LogP contribution is 2.15. The van der Waals surface area contributed by atoms with Crippen LogP contribution in [0.3, 0.4) is 0 Å². The zero-order valence-electron chi connectivity index (χ0n) is 10.1. The van der Waals surface area contributed by atoms with Crippen molar-refractivity contribution >= 4 is 23.2 Å². The molecule has 0 atom stereocenters. The van der Waals surface area contributed by atoms with Crippen LogP contribution in [-0.4, -0.2) is 16.9 Å². The van der Waals surface area contributed by atoms with Crippen molar-refractivity contribution in [2.45, 2.75) is 5.38 Å². The Bertz CT molecular complexity index is 578. The molecule has 2 nitrogen and oxygen atoms in total. The van der Waals surface area contributed by atoms with E-state index in [1.807, 2.05) is 0 Å². The molecule has 2 rings (SSSR count). The Morgan fingerprint density at radius 1 is 0.750 bits per heavy atom. The van der Waals surface area contributed by atoms with Crippen molar-refractivity contribution in [2.75, 3.05) is 0 Å². The lowest BCUT2D eigenvalue weighted by atomic mass is 10.0. The van der Waals surface area contributed by atoms with E-state index in [1.165, 1.54) is 24.3 Å². The van der Waals surface area contributed by atoms with E-state index in [-0.39, 0.29) is 11.1 Å². The van der Waals surface area contributed by atoms with E-state index < -0.39 is 28.6 Å². The van der Waals surface area contributed by atoms with Gasteiger partial charge in [0.2, 0.25) is 0 Å². The van der Waals surface area contributed by atoms with Gasteiger partial charge in [-0.15, -0.1) is 11.6 Å². The molecule has 0 radical (unpaired) electrons. The van der Waals surface area contributed by atoms with Crippen molar-refractivity contribution < 1.29 is 18.4 Å². The van der Waals surface area contributed by atoms with E-state index >= 15 is 0 Å². The number of carbonyl (C=O) groups is 2. The Balaban J connectivity index is 2.20. The topological polar surface area (TPSA) is 34.1 Å². The highest BCUT2D eigenvalue weighted by molar-refractivity contribution is 6.46. The minimum Gasteiger partial charge on any atom is -0.292 e. The van der Waals surface area contributed by atoms with Crippen LogP contribution in [0, 0.1) is 11.6 Å². The summed E-state index contributed by atoms with van der Waals surface area (Å²) >= 11 is 5.84. The molecule has 0 amide bonds. The monoisotopic (exact) mass is 294 g/mol. The average Bonchev–Trinajstić information content (AvgIpc) is 2.46. The lowest BCUT2D eigenvalue weighted by Gasteiger charge is -2.08. The van der Waals surface area contributed by atoms with Crippen LogP contribution in [0.4, 0.5) is 8.78 Å². The molecular weight excluding hydrogens is 286 g/mol. The predicted molar refractivity (Wildman–Crippen MR) is 71.1 cm³/mol. The van der Waals surface area contributed by atoms with Crippen LogP contribution in [0.25, 0.3) is 0 Å². The second-order valence-electron chi connectivity index (χ2n) is 4.10. The Kier molecular flexibility index (Phi) is 4.25. The van der Waals surface area contributed by atoms with Crippen LogP contribution in [0.5, 0.6) is 0 Å². The van der Waals surface area contributed by atoms with Gasteiger partial charge in [-0.25, -0.2) is 8.78 Å². The van der Waals surface area contributed by atoms with Crippen molar-refractivity contribution in [3.8, 4) is 0 Å². The maximum Gasteiger partial charge on any atom is 0.188 e. The summed E-state index contributed by atoms with van der Waals surface area (Å²) in [5.74, 6) is -2.22. The number of carbonyl (C=O) groups excluding carboxylic acids is 2. The molecule has 0 N–H and O–H groups in total. The molecule has 0 spiro atoms. The quantitative estimate of drug-likeness (QED) is 0.490. The first-order valence-corrected chi connectivity index (χ1v) is 6.16. The number of alkyl halides is 1. The first-order chi connectivity index (χ1) is 9.49. The van der Waals surface area contributed by atoms with Gasteiger partial charge in [-0.1, -0.05) is 0 Å². The molecule has 2 aromatic carbocycles. The fourth-order valence-electron chi connectivity index (χ4n) is 1.64. The maximum absolute atomic E-state index is 12.8. The Morgan fingerprint density at radius 2 is 1.05 bits per heavy atom. The molecule has 5 heteroatoms. The summed E-state index contributed by atoms with van der Waals surface area (Å²) in [6.07, 6.45) is 0. The van der Waals surface area contributed by atoms with Gasteiger partial charge in [0.05, 0.1) is 0 Å². The molecule has 2 aromatic rings. The first-order valence-electron chi connectivity index (χ1n) is 5.72. The summed E-state index contributed by atoms with van der Waals surface area (Å²) < 4.78 is 25.5. The molecule has 0 unspecified atom stereocenters. The van der Waals surface area contributed by atoms with Crippen molar-refractivity contribution in [2.24, 2.45) is 0 Å². The molecular formula is C15H9ClF2O2. The van der Waals surface area contributed by atoms with Crippen LogP contribution >= 0.6 is 11.6 Å². The zero-order chi connectivity index (χ0) is 14.7. The van der Waals surface area contributed by atoms with Crippen molar-refractivity contribution in [1.82, 2.24) is 0 Å². The molecule has 0 aliphatic carbocycles. The molecule has 0 aliphatic rings. The second kappa shape index (κ2) is 5.92. The summed E-state index contributed by atoms with van der Waals surface area (Å²) in [4.78, 5) is 24.0. The zero-order valence-corrected chi connectivity index (χ0v) is 10.9. The number of hydrogen-bond acceptors (Lipinski definition) is 2. The number of benzene rings is 2. The minimum absolute atomic E-state index is 0.141. The number of ketones is 2. The molecule has 0 aliphatic heterocycles. The van der Waals surface area contributed by atoms with Gasteiger partial charge < -0.3 is 0 Å². The van der Waals surface area contributed by atoms with Gasteiger partial charge in [0.15, 0.2) is 16.9 Å². The summed E-state index contributed by atoms with van der Waals surface area (Å²) in [6, 6.07) is 9.46. The van der Waals surface area contributed by atoms with Gasteiger partial charge in [-0.2, -0.15) is 0 Å². The smallest absolute Gasteiger partial charge is 0.188 e. The number of hydrogen-bond donors (Lipinski definition) is 0. The van der Waals surface area contributed by atoms with Gasteiger partial charge in [-0.05, 0) is 48.5 Å². The fourth-order valence-corrected chi connectivity index (χ4v) is 1.89. The van der Waals surface area contributed by atoms with E-state index in [0.29, 0.717) is 0 Å². The second-order valence-corrected chi connectivity index (χ2v) is 4.54. The van der Waals surface area contributed by atoms with Crippen LogP contribution in [0.2, 0.25) is 0 Å². The third kappa shape index (κ3) is 3.08. The van der Waals surface area contributed by atoms with Crippen LogP contribution in [0.1, 0.15) is 20.7 Å². The number of Topliss-reactive ketones (excluding diaryl/α,β-unsaturated/α-hetero) is 2. The highest BCUT2D eigenvalue weighted by atomic mass is 35.5. The summed E-state index contributed by atoms with van der Waals surface area (Å²) in [6.45, 7) is 0. The van der Waals surface area contributed by atoms with E-state index in [1.54, 1.807) is 0 Å². The van der Waals surface area contributed by atoms with E-state index in [0.717, 1.165) is 24.3 Å². The first kappa shape index (κ1) is 14.3. The average molecular weight is 295 g/mol. The minimum atomic E-state index is -1.43. The Morgan fingerprint density at radius 3 is 1.35 bits per heavy atom. The summed E-state index contributed by atoms with van der Waals surface area (Å²) in [7, 11) is 0. The molecule has 102 valence electrons. The Hall–Kier alpha value is -2.07. The molecule has 0 heterocycles.